The topological polar surface area (TPSA) is 89.7 Å². The van der Waals surface area contributed by atoms with Crippen LogP contribution in [0.1, 0.15) is 45.9 Å². The molecule has 0 radical (unpaired) electrons. The summed E-state index contributed by atoms with van der Waals surface area (Å²) in [7, 11) is 0. The van der Waals surface area contributed by atoms with Gasteiger partial charge >= 0.3 is 6.09 Å². The zero-order valence-electron chi connectivity index (χ0n) is 14.2. The highest BCUT2D eigenvalue weighted by molar-refractivity contribution is 5.68. The number of ether oxygens (including phenoxy) is 2. The van der Waals surface area contributed by atoms with E-state index in [1.807, 2.05) is 27.7 Å². The van der Waals surface area contributed by atoms with Crippen LogP contribution in [0.2, 0.25) is 0 Å². The molecule has 1 aromatic heterocycles. The van der Waals surface area contributed by atoms with E-state index in [4.69, 9.17) is 9.47 Å². The van der Waals surface area contributed by atoms with Gasteiger partial charge in [-0.15, -0.1) is 5.10 Å². The summed E-state index contributed by atoms with van der Waals surface area (Å²) < 4.78 is 12.5. The highest BCUT2D eigenvalue weighted by Gasteiger charge is 2.37. The monoisotopic (exact) mass is 326 g/mol. The maximum absolute atomic E-state index is 12.4. The van der Waals surface area contributed by atoms with Crippen LogP contribution in [0.4, 0.5) is 4.79 Å². The number of carbonyl (C=O) groups excluding carboxylic acids is 1. The molecule has 2 atom stereocenters. The molecule has 1 aromatic rings. The number of rotatable bonds is 4. The lowest BCUT2D eigenvalue weighted by Gasteiger charge is -2.38. The minimum Gasteiger partial charge on any atom is -0.444 e. The van der Waals surface area contributed by atoms with Crippen molar-refractivity contribution >= 4 is 6.09 Å². The van der Waals surface area contributed by atoms with Crippen LogP contribution in [0.25, 0.3) is 0 Å². The van der Waals surface area contributed by atoms with Crippen molar-refractivity contribution in [3.05, 3.63) is 11.9 Å². The normalized spacial score (nSPS) is 20.4. The number of hydrogen-bond donors (Lipinski definition) is 1. The van der Waals surface area contributed by atoms with E-state index in [0.29, 0.717) is 25.4 Å². The molecular weight excluding hydrogens is 300 g/mol. The van der Waals surface area contributed by atoms with Crippen molar-refractivity contribution in [3.63, 3.8) is 0 Å². The average Bonchev–Trinajstić information content (AvgIpc) is 2.93. The summed E-state index contributed by atoms with van der Waals surface area (Å²) in [5.74, 6) is 0. The molecule has 2 heterocycles. The van der Waals surface area contributed by atoms with E-state index in [0.717, 1.165) is 6.42 Å². The second-order valence-corrected chi connectivity index (χ2v) is 6.64. The Balaban J connectivity index is 2.17. The molecule has 0 saturated carbocycles. The largest absolute Gasteiger partial charge is 0.444 e. The highest BCUT2D eigenvalue weighted by Crippen LogP contribution is 2.25. The molecule has 0 aromatic carbocycles. The predicted octanol–water partition coefficient (Wildman–Crippen LogP) is 1.36. The molecule has 2 unspecified atom stereocenters. The van der Waals surface area contributed by atoms with Gasteiger partial charge < -0.3 is 14.6 Å². The van der Waals surface area contributed by atoms with Crippen LogP contribution >= 0.6 is 0 Å². The molecule has 1 fully saturated rings. The number of aryl methyl sites for hydroxylation is 1. The Labute approximate surface area is 136 Å². The number of amides is 1. The van der Waals surface area contributed by atoms with Gasteiger partial charge in [-0.25, -0.2) is 9.48 Å². The summed E-state index contributed by atoms with van der Waals surface area (Å²) in [6.45, 7) is 9.19. The van der Waals surface area contributed by atoms with Crippen LogP contribution < -0.4 is 0 Å². The highest BCUT2D eigenvalue weighted by atomic mass is 16.6. The lowest BCUT2D eigenvalue weighted by Crippen LogP contribution is -2.53. The van der Waals surface area contributed by atoms with Gasteiger partial charge in [-0.3, -0.25) is 4.90 Å². The maximum Gasteiger partial charge on any atom is 0.410 e. The van der Waals surface area contributed by atoms with Crippen molar-refractivity contribution in [1.82, 2.24) is 19.9 Å². The van der Waals surface area contributed by atoms with Crippen LogP contribution in [-0.2, 0) is 16.0 Å². The van der Waals surface area contributed by atoms with Crippen molar-refractivity contribution in [2.75, 3.05) is 19.8 Å². The van der Waals surface area contributed by atoms with Gasteiger partial charge in [-0.2, -0.15) is 0 Å². The molecule has 2 rings (SSSR count). The molecule has 0 bridgehead atoms. The van der Waals surface area contributed by atoms with Crippen molar-refractivity contribution in [3.8, 4) is 0 Å². The van der Waals surface area contributed by atoms with E-state index in [1.54, 1.807) is 4.68 Å². The Hall–Kier alpha value is -1.67. The van der Waals surface area contributed by atoms with Crippen LogP contribution in [0.15, 0.2) is 6.20 Å². The fraction of sp³-hybridized carbons (Fsp3) is 0.800. The number of carbonyl (C=O) groups is 1. The average molecular weight is 326 g/mol. The zero-order valence-corrected chi connectivity index (χ0v) is 14.2. The number of aliphatic hydroxyl groups excluding tert-OH is 1. The van der Waals surface area contributed by atoms with Gasteiger partial charge in [-0.1, -0.05) is 12.1 Å². The minimum atomic E-state index is -0.927. The lowest BCUT2D eigenvalue weighted by molar-refractivity contribution is -0.0689. The maximum atomic E-state index is 12.4. The molecule has 1 amide bonds. The number of morpholine rings is 1. The minimum absolute atomic E-state index is 0.248. The van der Waals surface area contributed by atoms with Gasteiger partial charge in [0.2, 0.25) is 0 Å². The Bertz CT molecular complexity index is 526. The number of aromatic nitrogens is 3. The predicted molar refractivity (Wildman–Crippen MR) is 82.8 cm³/mol. The number of nitrogens with zero attached hydrogens (tertiary/aromatic N) is 4. The smallest absolute Gasteiger partial charge is 0.410 e. The second kappa shape index (κ2) is 7.27. The standard InChI is InChI=1S/C15H26N4O4/c1-5-6-19-11(9-16-17-19)13(20)12-10-22-8-7-18(12)14(21)23-15(2,3)4/h9,12-13,20H,5-8,10H2,1-4H3. The third-order valence-corrected chi connectivity index (χ3v) is 3.54. The second-order valence-electron chi connectivity index (χ2n) is 6.64. The van der Waals surface area contributed by atoms with E-state index < -0.39 is 23.8 Å². The molecule has 1 aliphatic heterocycles. The van der Waals surface area contributed by atoms with Crippen LogP contribution in [-0.4, -0.2) is 62.5 Å². The van der Waals surface area contributed by atoms with Crippen LogP contribution in [0, 0.1) is 0 Å². The molecule has 1 N–H and O–H groups in total. The first kappa shape index (κ1) is 17.7. The van der Waals surface area contributed by atoms with Crippen molar-refractivity contribution in [2.45, 2.75) is 58.4 Å². The Morgan fingerprint density at radius 2 is 2.30 bits per heavy atom. The molecule has 0 spiro atoms. The van der Waals surface area contributed by atoms with Crippen molar-refractivity contribution < 1.29 is 19.4 Å². The Kier molecular flexibility index (Phi) is 5.59. The van der Waals surface area contributed by atoms with Crippen LogP contribution in [0.5, 0.6) is 0 Å². The van der Waals surface area contributed by atoms with Gasteiger partial charge in [0.1, 0.15) is 11.7 Å². The first-order valence-electron chi connectivity index (χ1n) is 7.97. The zero-order chi connectivity index (χ0) is 17.0. The molecule has 0 aliphatic carbocycles. The van der Waals surface area contributed by atoms with E-state index in [2.05, 4.69) is 10.3 Å². The van der Waals surface area contributed by atoms with Gasteiger partial charge in [0.25, 0.3) is 0 Å². The molecular formula is C15H26N4O4. The summed E-state index contributed by atoms with van der Waals surface area (Å²) in [4.78, 5) is 13.9. The first-order valence-corrected chi connectivity index (χ1v) is 7.97. The fourth-order valence-corrected chi connectivity index (χ4v) is 2.51. The Morgan fingerprint density at radius 3 is 2.96 bits per heavy atom. The molecule has 8 heteroatoms. The Morgan fingerprint density at radius 1 is 1.57 bits per heavy atom. The van der Waals surface area contributed by atoms with Gasteiger partial charge in [-0.05, 0) is 27.2 Å². The van der Waals surface area contributed by atoms with E-state index in [-0.39, 0.29) is 6.61 Å². The van der Waals surface area contributed by atoms with E-state index >= 15 is 0 Å². The summed E-state index contributed by atoms with van der Waals surface area (Å²) in [5.41, 5.74) is -0.00733. The third-order valence-electron chi connectivity index (χ3n) is 3.54. The van der Waals surface area contributed by atoms with E-state index in [1.165, 1.54) is 11.1 Å². The summed E-state index contributed by atoms with van der Waals surface area (Å²) in [6.07, 6.45) is 1.03. The quantitative estimate of drug-likeness (QED) is 0.898. The molecule has 1 saturated heterocycles. The van der Waals surface area contributed by atoms with Gasteiger partial charge in [0.15, 0.2) is 0 Å². The van der Waals surface area contributed by atoms with Crippen LogP contribution in [0.3, 0.4) is 0 Å². The lowest BCUT2D eigenvalue weighted by atomic mass is 10.1. The summed E-state index contributed by atoms with van der Waals surface area (Å²) in [5, 5.41) is 18.6. The molecule has 23 heavy (non-hydrogen) atoms. The van der Waals surface area contributed by atoms with Gasteiger partial charge in [0.05, 0.1) is 31.1 Å². The summed E-state index contributed by atoms with van der Waals surface area (Å²) in [6, 6.07) is -0.521. The summed E-state index contributed by atoms with van der Waals surface area (Å²) >= 11 is 0. The molecule has 1 aliphatic rings. The van der Waals surface area contributed by atoms with Crippen molar-refractivity contribution in [2.24, 2.45) is 0 Å². The SMILES string of the molecule is CCCn1nncc1C(O)C1COCCN1C(=O)OC(C)(C)C. The molecule has 130 valence electrons. The van der Waals surface area contributed by atoms with E-state index in [9.17, 15) is 9.90 Å². The number of aliphatic hydroxyl groups is 1. The van der Waals surface area contributed by atoms with Gasteiger partial charge in [0, 0.05) is 13.1 Å². The third kappa shape index (κ3) is 4.42. The van der Waals surface area contributed by atoms with Crippen molar-refractivity contribution in [1.29, 1.82) is 0 Å². The fourth-order valence-electron chi connectivity index (χ4n) is 2.51. The number of hydrogen-bond acceptors (Lipinski definition) is 6. The molecule has 8 nitrogen and oxygen atoms in total. The first-order chi connectivity index (χ1) is 10.8.